The second-order valence-electron chi connectivity index (χ2n) is 3.16. The van der Waals surface area contributed by atoms with Gasteiger partial charge in [0.05, 0.1) is 10.5 Å². The normalized spacial score (nSPS) is 14.2. The lowest BCUT2D eigenvalue weighted by atomic mass is 10.5. The maximum absolute atomic E-state index is 10.9. The van der Waals surface area contributed by atoms with Crippen LogP contribution in [0.2, 0.25) is 0 Å². The van der Waals surface area contributed by atoms with Gasteiger partial charge in [-0.2, -0.15) is 0 Å². The van der Waals surface area contributed by atoms with E-state index in [1.165, 1.54) is 34.9 Å². The summed E-state index contributed by atoms with van der Waals surface area (Å²) in [7, 11) is 0. The molecule has 6 nitrogen and oxygen atoms in total. The fraction of sp³-hybridized carbons (Fsp3) is 0.500. The maximum Gasteiger partial charge on any atom is 0.230 e. The Kier molecular flexibility index (Phi) is 5.22. The van der Waals surface area contributed by atoms with Crippen molar-refractivity contribution in [1.29, 1.82) is 0 Å². The molecule has 0 aromatic carbocycles. The van der Waals surface area contributed by atoms with Crippen molar-refractivity contribution in [1.82, 2.24) is 10.2 Å². The van der Waals surface area contributed by atoms with Gasteiger partial charge in [0.2, 0.25) is 11.8 Å². The third-order valence-corrected chi connectivity index (χ3v) is 5.07. The molecule has 1 rings (SSSR count). The van der Waals surface area contributed by atoms with Crippen LogP contribution in [0.15, 0.2) is 8.68 Å². The third-order valence-electron chi connectivity index (χ3n) is 1.74. The van der Waals surface area contributed by atoms with Crippen LogP contribution >= 0.6 is 34.9 Å². The lowest BCUT2D eigenvalue weighted by Gasteiger charge is -2.02. The molecule has 1 aromatic rings. The van der Waals surface area contributed by atoms with E-state index >= 15 is 0 Å². The van der Waals surface area contributed by atoms with E-state index in [1.807, 2.05) is 0 Å². The van der Waals surface area contributed by atoms with Crippen molar-refractivity contribution >= 4 is 46.7 Å². The number of hydrogen-bond acceptors (Lipinski definition) is 7. The van der Waals surface area contributed by atoms with Crippen molar-refractivity contribution in [3.05, 3.63) is 0 Å². The number of carbonyl (C=O) groups excluding carboxylic acids is 2. The number of nitrogens with two attached hydrogens (primary N) is 2. The van der Waals surface area contributed by atoms with E-state index in [2.05, 4.69) is 10.2 Å². The molecule has 94 valence electrons. The number of rotatable bonds is 6. The van der Waals surface area contributed by atoms with Crippen LogP contribution in [0.5, 0.6) is 0 Å². The van der Waals surface area contributed by atoms with Gasteiger partial charge in [0, 0.05) is 0 Å². The van der Waals surface area contributed by atoms with Gasteiger partial charge in [0.15, 0.2) is 8.68 Å². The van der Waals surface area contributed by atoms with Crippen LogP contribution in [-0.4, -0.2) is 32.5 Å². The molecule has 0 fully saturated rings. The van der Waals surface area contributed by atoms with Gasteiger partial charge in [-0.25, -0.2) is 0 Å². The van der Waals surface area contributed by atoms with Gasteiger partial charge in [-0.05, 0) is 13.8 Å². The van der Waals surface area contributed by atoms with Crippen LogP contribution in [0.4, 0.5) is 0 Å². The molecule has 4 N–H and O–H groups in total. The van der Waals surface area contributed by atoms with Crippen molar-refractivity contribution in [2.24, 2.45) is 11.5 Å². The van der Waals surface area contributed by atoms with Crippen LogP contribution in [0.3, 0.4) is 0 Å². The van der Waals surface area contributed by atoms with Crippen LogP contribution < -0.4 is 11.5 Å². The largest absolute Gasteiger partial charge is 0.369 e. The van der Waals surface area contributed by atoms with E-state index in [0.29, 0.717) is 8.68 Å². The Balaban J connectivity index is 2.59. The van der Waals surface area contributed by atoms with Crippen molar-refractivity contribution in [2.75, 3.05) is 0 Å². The smallest absolute Gasteiger partial charge is 0.230 e. The van der Waals surface area contributed by atoms with E-state index in [4.69, 9.17) is 11.5 Å². The van der Waals surface area contributed by atoms with Crippen LogP contribution in [0.25, 0.3) is 0 Å². The lowest BCUT2D eigenvalue weighted by molar-refractivity contribution is -0.118. The first-order valence-corrected chi connectivity index (χ1v) is 7.23. The van der Waals surface area contributed by atoms with Crippen molar-refractivity contribution in [3.8, 4) is 0 Å². The minimum absolute atomic E-state index is 0.352. The number of primary amides is 2. The number of nitrogens with zero attached hydrogens (tertiary/aromatic N) is 2. The molecule has 0 spiro atoms. The summed E-state index contributed by atoms with van der Waals surface area (Å²) in [4.78, 5) is 21.7. The highest BCUT2D eigenvalue weighted by atomic mass is 32.2. The zero-order valence-electron chi connectivity index (χ0n) is 9.25. The Morgan fingerprint density at radius 2 is 1.41 bits per heavy atom. The Bertz CT molecular complexity index is 386. The minimum Gasteiger partial charge on any atom is -0.369 e. The van der Waals surface area contributed by atoms with Gasteiger partial charge < -0.3 is 11.5 Å². The van der Waals surface area contributed by atoms with Crippen molar-refractivity contribution < 1.29 is 9.59 Å². The Hall–Kier alpha value is -0.800. The molecule has 0 radical (unpaired) electrons. The molecule has 0 unspecified atom stereocenters. The van der Waals surface area contributed by atoms with E-state index in [0.717, 1.165) is 0 Å². The van der Waals surface area contributed by atoms with Gasteiger partial charge in [-0.15, -0.1) is 10.2 Å². The first-order chi connectivity index (χ1) is 7.90. The Morgan fingerprint density at radius 3 is 1.71 bits per heavy atom. The van der Waals surface area contributed by atoms with Gasteiger partial charge >= 0.3 is 0 Å². The quantitative estimate of drug-likeness (QED) is 0.737. The summed E-state index contributed by atoms with van der Waals surface area (Å²) in [6, 6.07) is 0. The Labute approximate surface area is 111 Å². The summed E-state index contributed by atoms with van der Waals surface area (Å²) in [5.74, 6) is -0.796. The second kappa shape index (κ2) is 6.22. The molecule has 0 aliphatic rings. The average Bonchev–Trinajstić information content (AvgIpc) is 2.65. The molecule has 2 amide bonds. The summed E-state index contributed by atoms with van der Waals surface area (Å²) in [6.07, 6.45) is 0. The molecule has 1 heterocycles. The molecule has 0 aliphatic carbocycles. The number of hydrogen-bond donors (Lipinski definition) is 2. The number of thioether (sulfide) groups is 2. The minimum atomic E-state index is -0.398. The van der Waals surface area contributed by atoms with E-state index in [-0.39, 0.29) is 10.5 Å². The maximum atomic E-state index is 10.9. The van der Waals surface area contributed by atoms with Gasteiger partial charge in [-0.1, -0.05) is 34.9 Å². The third kappa shape index (κ3) is 4.52. The molecule has 2 atom stereocenters. The molecule has 17 heavy (non-hydrogen) atoms. The van der Waals surface area contributed by atoms with E-state index < -0.39 is 11.8 Å². The molecule has 0 bridgehead atoms. The topological polar surface area (TPSA) is 112 Å². The Morgan fingerprint density at radius 1 is 1.06 bits per heavy atom. The fourth-order valence-corrected chi connectivity index (χ4v) is 3.92. The molecular formula is C8H12N4O2S3. The van der Waals surface area contributed by atoms with E-state index in [9.17, 15) is 9.59 Å². The summed E-state index contributed by atoms with van der Waals surface area (Å²) in [5, 5.41) is 7.10. The van der Waals surface area contributed by atoms with Crippen LogP contribution in [0, 0.1) is 0 Å². The summed E-state index contributed by atoms with van der Waals surface area (Å²) < 4.78 is 1.30. The van der Waals surface area contributed by atoms with Crippen molar-refractivity contribution in [3.63, 3.8) is 0 Å². The molecular weight excluding hydrogens is 280 g/mol. The number of aromatic nitrogens is 2. The molecule has 0 saturated heterocycles. The van der Waals surface area contributed by atoms with Gasteiger partial charge in [-0.3, -0.25) is 9.59 Å². The molecule has 1 aromatic heterocycles. The fourth-order valence-electron chi connectivity index (χ4n) is 0.711. The van der Waals surface area contributed by atoms with Gasteiger partial charge in [0.25, 0.3) is 0 Å². The number of amides is 2. The summed E-state index contributed by atoms with van der Waals surface area (Å²) in [5.41, 5.74) is 10.3. The number of carbonyl (C=O) groups is 2. The van der Waals surface area contributed by atoms with E-state index in [1.54, 1.807) is 13.8 Å². The monoisotopic (exact) mass is 292 g/mol. The summed E-state index contributed by atoms with van der Waals surface area (Å²) in [6.45, 7) is 3.40. The zero-order valence-corrected chi connectivity index (χ0v) is 11.7. The average molecular weight is 292 g/mol. The SMILES string of the molecule is C[C@@H](Sc1nnc(S[C@H](C)C(N)=O)s1)C(N)=O. The predicted octanol–water partition coefficient (Wildman–Crippen LogP) is 0.470. The molecule has 9 heteroatoms. The molecule has 0 saturated carbocycles. The summed E-state index contributed by atoms with van der Waals surface area (Å²) >= 11 is 3.81. The van der Waals surface area contributed by atoms with Crippen LogP contribution in [0.1, 0.15) is 13.8 Å². The standard InChI is InChI=1S/C8H12N4O2S3/c1-3(5(9)13)15-7-11-12-8(17-7)16-4(2)6(10)14/h3-4H,1-2H3,(H2,9,13)(H2,10,14)/t3-,4-/m1/s1. The predicted molar refractivity (Wildman–Crippen MR) is 68.9 cm³/mol. The molecule has 0 aliphatic heterocycles. The highest BCUT2D eigenvalue weighted by molar-refractivity contribution is 8.04. The van der Waals surface area contributed by atoms with Gasteiger partial charge in [0.1, 0.15) is 0 Å². The lowest BCUT2D eigenvalue weighted by Crippen LogP contribution is -2.22. The second-order valence-corrected chi connectivity index (χ2v) is 7.31. The highest BCUT2D eigenvalue weighted by Crippen LogP contribution is 2.32. The zero-order chi connectivity index (χ0) is 13.0. The van der Waals surface area contributed by atoms with Crippen molar-refractivity contribution in [2.45, 2.75) is 33.0 Å². The first kappa shape index (κ1) is 14.3. The first-order valence-electron chi connectivity index (χ1n) is 4.65. The highest BCUT2D eigenvalue weighted by Gasteiger charge is 2.17. The van der Waals surface area contributed by atoms with Crippen LogP contribution in [-0.2, 0) is 9.59 Å².